The molecular weight excluding hydrogens is 224 g/mol. The highest BCUT2D eigenvalue weighted by atomic mass is 16.3. The number of hydrogen-bond acceptors (Lipinski definition) is 3. The number of aliphatic hydroxyl groups is 1. The summed E-state index contributed by atoms with van der Waals surface area (Å²) in [6, 6.07) is 1.12. The summed E-state index contributed by atoms with van der Waals surface area (Å²) < 4.78 is 0. The van der Waals surface area contributed by atoms with Crippen LogP contribution in [0.15, 0.2) is 0 Å². The summed E-state index contributed by atoms with van der Waals surface area (Å²) in [7, 11) is 0. The zero-order chi connectivity index (χ0) is 13.6. The summed E-state index contributed by atoms with van der Waals surface area (Å²) in [6.45, 7) is 11.1. The molecule has 0 spiro atoms. The molecule has 2 unspecified atom stereocenters. The Bertz CT molecular complexity index is 227. The molecule has 2 N–H and O–H groups in total. The molecule has 0 aromatic rings. The number of nitrogens with one attached hydrogen (secondary N) is 1. The largest absolute Gasteiger partial charge is 0.388 e. The lowest BCUT2D eigenvalue weighted by molar-refractivity contribution is -0.00549. The van der Waals surface area contributed by atoms with Crippen LogP contribution >= 0.6 is 0 Å². The Kier molecular flexibility index (Phi) is 6.61. The van der Waals surface area contributed by atoms with E-state index in [4.69, 9.17) is 0 Å². The van der Waals surface area contributed by atoms with Gasteiger partial charge in [0, 0.05) is 25.2 Å². The molecule has 0 aliphatic carbocycles. The van der Waals surface area contributed by atoms with Crippen LogP contribution in [0.3, 0.4) is 0 Å². The second-order valence-electron chi connectivity index (χ2n) is 6.44. The molecule has 0 bridgehead atoms. The van der Waals surface area contributed by atoms with Crippen LogP contribution in [-0.4, -0.2) is 47.3 Å². The van der Waals surface area contributed by atoms with Crippen LogP contribution in [0.25, 0.3) is 0 Å². The molecule has 1 aliphatic heterocycles. The van der Waals surface area contributed by atoms with Crippen molar-refractivity contribution in [3.8, 4) is 0 Å². The Labute approximate surface area is 113 Å². The van der Waals surface area contributed by atoms with Crippen molar-refractivity contribution in [1.82, 2.24) is 10.2 Å². The molecule has 3 nitrogen and oxygen atoms in total. The number of piperidine rings is 1. The maximum atomic E-state index is 10.5. The highest BCUT2D eigenvalue weighted by molar-refractivity contribution is 4.85. The van der Waals surface area contributed by atoms with Gasteiger partial charge in [-0.25, -0.2) is 0 Å². The predicted molar refractivity (Wildman–Crippen MR) is 77.9 cm³/mol. The number of rotatable bonds is 7. The molecule has 0 aromatic heterocycles. The van der Waals surface area contributed by atoms with Crippen LogP contribution in [0.4, 0.5) is 0 Å². The maximum Gasteiger partial charge on any atom is 0.0869 e. The van der Waals surface area contributed by atoms with Gasteiger partial charge < -0.3 is 10.4 Å². The molecule has 1 saturated heterocycles. The topological polar surface area (TPSA) is 35.5 Å². The van der Waals surface area contributed by atoms with Crippen LogP contribution in [0.2, 0.25) is 0 Å². The third-order valence-corrected chi connectivity index (χ3v) is 3.81. The van der Waals surface area contributed by atoms with Crippen molar-refractivity contribution in [2.24, 2.45) is 0 Å². The first-order valence-corrected chi connectivity index (χ1v) is 7.64. The molecule has 108 valence electrons. The second-order valence-corrected chi connectivity index (χ2v) is 6.44. The van der Waals surface area contributed by atoms with E-state index >= 15 is 0 Å². The first-order valence-electron chi connectivity index (χ1n) is 7.64. The number of hydrogen-bond donors (Lipinski definition) is 2. The summed E-state index contributed by atoms with van der Waals surface area (Å²) in [6.07, 6.45) is 6.46. The van der Waals surface area contributed by atoms with Gasteiger partial charge >= 0.3 is 0 Å². The summed E-state index contributed by atoms with van der Waals surface area (Å²) in [5.74, 6) is 0. The Morgan fingerprint density at radius 1 is 1.39 bits per heavy atom. The number of likely N-dealkylation sites (tertiary alicyclic amines) is 1. The van der Waals surface area contributed by atoms with Crippen LogP contribution in [-0.2, 0) is 0 Å². The Morgan fingerprint density at radius 3 is 2.72 bits per heavy atom. The van der Waals surface area contributed by atoms with Crippen LogP contribution in [0.5, 0.6) is 0 Å². The van der Waals surface area contributed by atoms with Crippen LogP contribution in [0, 0.1) is 0 Å². The van der Waals surface area contributed by atoms with Gasteiger partial charge in [-0.1, -0.05) is 33.6 Å². The Hall–Kier alpha value is -0.120. The highest BCUT2D eigenvalue weighted by Gasteiger charge is 2.29. The second kappa shape index (κ2) is 7.46. The van der Waals surface area contributed by atoms with Crippen LogP contribution in [0.1, 0.15) is 59.8 Å². The molecule has 1 heterocycles. The lowest BCUT2D eigenvalue weighted by Gasteiger charge is -2.40. The van der Waals surface area contributed by atoms with Crippen LogP contribution < -0.4 is 5.32 Å². The lowest BCUT2D eigenvalue weighted by Crippen LogP contribution is -2.52. The van der Waals surface area contributed by atoms with E-state index in [2.05, 4.69) is 31.0 Å². The molecule has 1 fully saturated rings. The maximum absolute atomic E-state index is 10.5. The van der Waals surface area contributed by atoms with E-state index in [9.17, 15) is 5.11 Å². The van der Waals surface area contributed by atoms with E-state index in [1.807, 2.05) is 6.92 Å². The standard InChI is InChI=1S/C15H32N2O/c1-5-8-14-9-6-7-10-17(14)12-15(4,18)11-16-13(2)3/h13-14,16,18H,5-12H2,1-4H3. The number of nitrogens with zero attached hydrogens (tertiary/aromatic N) is 1. The van der Waals surface area contributed by atoms with Crippen molar-refractivity contribution >= 4 is 0 Å². The fourth-order valence-corrected chi connectivity index (χ4v) is 2.85. The molecule has 3 heteroatoms. The van der Waals surface area contributed by atoms with Crippen molar-refractivity contribution < 1.29 is 5.11 Å². The lowest BCUT2D eigenvalue weighted by atomic mass is 9.95. The van der Waals surface area contributed by atoms with Crippen molar-refractivity contribution in [1.29, 1.82) is 0 Å². The van der Waals surface area contributed by atoms with Crippen molar-refractivity contribution in [3.05, 3.63) is 0 Å². The van der Waals surface area contributed by atoms with E-state index in [1.54, 1.807) is 0 Å². The van der Waals surface area contributed by atoms with Gasteiger partial charge in [0.15, 0.2) is 0 Å². The van der Waals surface area contributed by atoms with Crippen molar-refractivity contribution in [2.45, 2.75) is 77.5 Å². The van der Waals surface area contributed by atoms with Gasteiger partial charge in [0.25, 0.3) is 0 Å². The van der Waals surface area contributed by atoms with Gasteiger partial charge in [-0.2, -0.15) is 0 Å². The third-order valence-electron chi connectivity index (χ3n) is 3.81. The normalized spacial score (nSPS) is 25.3. The SMILES string of the molecule is CCCC1CCCCN1CC(C)(O)CNC(C)C. The van der Waals surface area contributed by atoms with Gasteiger partial charge in [0.05, 0.1) is 5.60 Å². The molecule has 1 aliphatic rings. The zero-order valence-corrected chi connectivity index (χ0v) is 12.7. The summed E-state index contributed by atoms with van der Waals surface area (Å²) >= 11 is 0. The summed E-state index contributed by atoms with van der Waals surface area (Å²) in [5.41, 5.74) is -0.617. The minimum Gasteiger partial charge on any atom is -0.388 e. The smallest absolute Gasteiger partial charge is 0.0869 e. The van der Waals surface area contributed by atoms with Crippen molar-refractivity contribution in [2.75, 3.05) is 19.6 Å². The molecule has 2 atom stereocenters. The highest BCUT2D eigenvalue weighted by Crippen LogP contribution is 2.22. The van der Waals surface area contributed by atoms with Crippen molar-refractivity contribution in [3.63, 3.8) is 0 Å². The fraction of sp³-hybridized carbons (Fsp3) is 1.00. The van der Waals surface area contributed by atoms with E-state index in [0.717, 1.165) is 13.1 Å². The third kappa shape index (κ3) is 5.68. The van der Waals surface area contributed by atoms with Gasteiger partial charge in [-0.15, -0.1) is 0 Å². The van der Waals surface area contributed by atoms with Gasteiger partial charge in [0.1, 0.15) is 0 Å². The first-order chi connectivity index (χ1) is 8.44. The minimum absolute atomic E-state index is 0.435. The number of β-amino-alcohol motifs (C(OH)–C–C–N with tert-alkyl or cyclic N) is 1. The molecular formula is C15H32N2O. The van der Waals surface area contributed by atoms with Gasteiger partial charge in [-0.3, -0.25) is 4.90 Å². The fourth-order valence-electron chi connectivity index (χ4n) is 2.85. The Morgan fingerprint density at radius 2 is 2.11 bits per heavy atom. The summed E-state index contributed by atoms with van der Waals surface area (Å²) in [5, 5.41) is 13.8. The molecule has 0 radical (unpaired) electrons. The Balaban J connectivity index is 2.46. The zero-order valence-electron chi connectivity index (χ0n) is 12.7. The van der Waals surface area contributed by atoms with E-state index < -0.39 is 5.60 Å². The molecule has 18 heavy (non-hydrogen) atoms. The average molecular weight is 256 g/mol. The van der Waals surface area contributed by atoms with E-state index in [1.165, 1.54) is 32.1 Å². The quantitative estimate of drug-likeness (QED) is 0.734. The molecule has 0 aromatic carbocycles. The van der Waals surface area contributed by atoms with Gasteiger partial charge in [0.2, 0.25) is 0 Å². The van der Waals surface area contributed by atoms with Gasteiger partial charge in [-0.05, 0) is 32.7 Å². The average Bonchev–Trinajstić information content (AvgIpc) is 2.29. The molecule has 0 amide bonds. The molecule has 0 saturated carbocycles. The van der Waals surface area contributed by atoms with E-state index in [0.29, 0.717) is 18.6 Å². The predicted octanol–water partition coefficient (Wildman–Crippen LogP) is 2.39. The first kappa shape index (κ1) is 15.9. The van der Waals surface area contributed by atoms with E-state index in [-0.39, 0.29) is 0 Å². The molecule has 1 rings (SSSR count). The summed E-state index contributed by atoms with van der Waals surface area (Å²) in [4.78, 5) is 2.51. The monoisotopic (exact) mass is 256 g/mol. The minimum atomic E-state index is -0.617.